The Morgan fingerprint density at radius 1 is 1.20 bits per heavy atom. The van der Waals surface area contributed by atoms with Gasteiger partial charge in [-0.2, -0.15) is 5.10 Å². The molecule has 2 aliphatic rings. The van der Waals surface area contributed by atoms with Crippen LogP contribution in [-0.2, 0) is 4.79 Å². The molecule has 0 bridgehead atoms. The summed E-state index contributed by atoms with van der Waals surface area (Å²) in [5.74, 6) is 0.504. The molecular weight excluding hydrogens is 460 g/mol. The van der Waals surface area contributed by atoms with E-state index in [1.807, 2.05) is 52.3 Å². The van der Waals surface area contributed by atoms with E-state index in [4.69, 9.17) is 10.8 Å². The van der Waals surface area contributed by atoms with Crippen molar-refractivity contribution in [2.24, 2.45) is 0 Å². The third-order valence-corrected chi connectivity index (χ3v) is 7.53. The molecule has 1 aliphatic heterocycles. The third kappa shape index (κ3) is 3.88. The van der Waals surface area contributed by atoms with E-state index in [1.165, 1.54) is 17.5 Å². The number of likely N-dealkylation sites (tertiary alicyclic amines) is 1. The minimum atomic E-state index is 0.0728. The fraction of sp³-hybridized carbons (Fsp3) is 0.320. The Hall–Kier alpha value is -3.63. The van der Waals surface area contributed by atoms with Crippen molar-refractivity contribution in [2.45, 2.75) is 18.9 Å². The molecule has 0 fully saturated rings. The molecular formula is C25H26N8OS. The molecule has 0 saturated carbocycles. The number of carbonyl (C=O) groups is 1. The molecule has 0 atom stereocenters. The van der Waals surface area contributed by atoms with Gasteiger partial charge in [-0.1, -0.05) is 12.1 Å². The molecule has 10 heteroatoms. The van der Waals surface area contributed by atoms with Crippen LogP contribution in [0.15, 0.2) is 53.3 Å². The molecule has 6 rings (SSSR count). The van der Waals surface area contributed by atoms with Crippen molar-refractivity contribution in [3.8, 4) is 11.3 Å². The zero-order valence-corrected chi connectivity index (χ0v) is 20.5. The fourth-order valence-corrected chi connectivity index (χ4v) is 5.77. The van der Waals surface area contributed by atoms with Crippen LogP contribution in [0.5, 0.6) is 0 Å². The number of hydrogen-bond acceptors (Lipinski definition) is 8. The minimum Gasteiger partial charge on any atom is -0.383 e. The summed E-state index contributed by atoms with van der Waals surface area (Å²) in [7, 11) is 3.98. The predicted octanol–water partition coefficient (Wildman–Crippen LogP) is 3.28. The smallest absolute Gasteiger partial charge is 0.246 e. The lowest BCUT2D eigenvalue weighted by molar-refractivity contribution is -0.124. The van der Waals surface area contributed by atoms with Gasteiger partial charge in [0.2, 0.25) is 5.91 Å². The van der Waals surface area contributed by atoms with Crippen molar-refractivity contribution in [3.05, 3.63) is 53.3 Å². The Balaban J connectivity index is 1.27. The quantitative estimate of drug-likeness (QED) is 0.341. The lowest BCUT2D eigenvalue weighted by atomic mass is 10.1. The molecule has 4 heterocycles. The van der Waals surface area contributed by atoms with E-state index >= 15 is 0 Å². The first-order chi connectivity index (χ1) is 17.0. The molecule has 4 aromatic rings. The summed E-state index contributed by atoms with van der Waals surface area (Å²) in [6.45, 7) is 2.12. The number of benzene rings is 1. The lowest BCUT2D eigenvalue weighted by Crippen LogP contribution is -2.29. The monoisotopic (exact) mass is 486 g/mol. The summed E-state index contributed by atoms with van der Waals surface area (Å²) in [5.41, 5.74) is 14.3. The Bertz CT molecular complexity index is 1500. The van der Waals surface area contributed by atoms with Crippen LogP contribution < -0.4 is 5.73 Å². The summed E-state index contributed by atoms with van der Waals surface area (Å²) in [6.07, 6.45) is 6.82. The van der Waals surface area contributed by atoms with E-state index < -0.39 is 0 Å². The number of nitrogens with zero attached hydrogens (tertiary/aromatic N) is 7. The Morgan fingerprint density at radius 3 is 2.77 bits per heavy atom. The van der Waals surface area contributed by atoms with Crippen molar-refractivity contribution in [1.82, 2.24) is 34.5 Å². The van der Waals surface area contributed by atoms with Crippen molar-refractivity contribution in [3.63, 3.8) is 0 Å². The second-order valence-corrected chi connectivity index (χ2v) is 10.3. The van der Waals surface area contributed by atoms with Gasteiger partial charge in [-0.3, -0.25) is 4.79 Å². The number of carbonyl (C=O) groups excluding carboxylic acids is 1. The van der Waals surface area contributed by atoms with Crippen LogP contribution in [0.4, 0.5) is 5.82 Å². The average Bonchev–Trinajstić information content (AvgIpc) is 3.59. The molecule has 1 aromatic carbocycles. The van der Waals surface area contributed by atoms with Gasteiger partial charge >= 0.3 is 0 Å². The summed E-state index contributed by atoms with van der Waals surface area (Å²) >= 11 is 1.60. The number of likely N-dealkylation sites (N-methyl/N-ethyl adjacent to an activating group) is 1. The molecule has 1 aliphatic carbocycles. The lowest BCUT2D eigenvalue weighted by Gasteiger charge is -2.20. The first kappa shape index (κ1) is 21.9. The number of nitrogens with two attached hydrogens (primary N) is 1. The molecule has 3 aromatic heterocycles. The normalized spacial score (nSPS) is 16.6. The number of nitrogen functional groups attached to an aromatic ring is 1. The van der Waals surface area contributed by atoms with E-state index in [0.29, 0.717) is 18.9 Å². The highest BCUT2D eigenvalue weighted by atomic mass is 32.1. The van der Waals surface area contributed by atoms with Crippen LogP contribution >= 0.6 is 11.3 Å². The molecule has 0 spiro atoms. The van der Waals surface area contributed by atoms with E-state index in [-0.39, 0.29) is 11.9 Å². The SMILES string of the molecule is CN(C)C/C=C/C(=O)N1CC2=C(CC(n3nc(-c4ccc5ncsc5c4)c4c(N)ncnc43)C2)C1. The molecule has 9 nitrogen and oxygen atoms in total. The third-order valence-electron chi connectivity index (χ3n) is 6.74. The average molecular weight is 487 g/mol. The number of aromatic nitrogens is 5. The topological polar surface area (TPSA) is 106 Å². The van der Waals surface area contributed by atoms with E-state index in [0.717, 1.165) is 51.9 Å². The summed E-state index contributed by atoms with van der Waals surface area (Å²) in [4.78, 5) is 29.8. The first-order valence-electron chi connectivity index (χ1n) is 11.6. The Morgan fingerprint density at radius 2 is 2.00 bits per heavy atom. The Kier molecular flexibility index (Phi) is 5.34. The van der Waals surface area contributed by atoms with Gasteiger partial charge in [0.25, 0.3) is 0 Å². The number of rotatable bonds is 5. The molecule has 178 valence electrons. The number of fused-ring (bicyclic) bond motifs is 2. The van der Waals surface area contributed by atoms with Gasteiger partial charge in [0.15, 0.2) is 5.65 Å². The minimum absolute atomic E-state index is 0.0728. The van der Waals surface area contributed by atoms with Crippen LogP contribution in [-0.4, -0.2) is 74.2 Å². The first-order valence-corrected chi connectivity index (χ1v) is 12.5. The fourth-order valence-electron chi connectivity index (χ4n) is 5.05. The number of hydrogen-bond donors (Lipinski definition) is 1. The van der Waals surface area contributed by atoms with Crippen molar-refractivity contribution >= 4 is 44.3 Å². The second kappa shape index (κ2) is 8.54. The highest BCUT2D eigenvalue weighted by Crippen LogP contribution is 2.42. The summed E-state index contributed by atoms with van der Waals surface area (Å²) in [6, 6.07) is 6.29. The van der Waals surface area contributed by atoms with Gasteiger partial charge in [0, 0.05) is 31.3 Å². The molecule has 0 unspecified atom stereocenters. The predicted molar refractivity (Wildman–Crippen MR) is 138 cm³/mol. The largest absolute Gasteiger partial charge is 0.383 e. The van der Waals surface area contributed by atoms with Crippen molar-refractivity contribution < 1.29 is 4.79 Å². The van der Waals surface area contributed by atoms with E-state index in [1.54, 1.807) is 17.4 Å². The molecule has 0 radical (unpaired) electrons. The van der Waals surface area contributed by atoms with Gasteiger partial charge in [0.1, 0.15) is 17.8 Å². The molecule has 1 amide bonds. The van der Waals surface area contributed by atoms with Crippen LogP contribution in [0.1, 0.15) is 18.9 Å². The summed E-state index contributed by atoms with van der Waals surface area (Å²) in [5, 5.41) is 5.81. The summed E-state index contributed by atoms with van der Waals surface area (Å²) < 4.78 is 3.12. The van der Waals surface area contributed by atoms with Crippen LogP contribution in [0, 0.1) is 0 Å². The maximum absolute atomic E-state index is 12.6. The molecule has 2 N–H and O–H groups in total. The zero-order chi connectivity index (χ0) is 24.1. The number of anilines is 1. The molecule has 0 saturated heterocycles. The van der Waals surface area contributed by atoms with E-state index in [9.17, 15) is 4.79 Å². The number of thiazole rings is 1. The van der Waals surface area contributed by atoms with Gasteiger partial charge in [0.05, 0.1) is 27.2 Å². The van der Waals surface area contributed by atoms with E-state index in [2.05, 4.69) is 21.0 Å². The van der Waals surface area contributed by atoms with Crippen LogP contribution in [0.3, 0.4) is 0 Å². The zero-order valence-electron chi connectivity index (χ0n) is 19.7. The molecule has 35 heavy (non-hydrogen) atoms. The highest BCUT2D eigenvalue weighted by molar-refractivity contribution is 7.16. The van der Waals surface area contributed by atoms with Gasteiger partial charge in [-0.15, -0.1) is 11.3 Å². The maximum Gasteiger partial charge on any atom is 0.246 e. The number of amides is 1. The van der Waals surface area contributed by atoms with Crippen molar-refractivity contribution in [1.29, 1.82) is 0 Å². The van der Waals surface area contributed by atoms with Crippen LogP contribution in [0.2, 0.25) is 0 Å². The highest BCUT2D eigenvalue weighted by Gasteiger charge is 2.35. The van der Waals surface area contributed by atoms with Gasteiger partial charge in [-0.05, 0) is 50.2 Å². The Labute approximate surface area is 206 Å². The van der Waals surface area contributed by atoms with Gasteiger partial charge in [-0.25, -0.2) is 19.6 Å². The standard InChI is InChI=1S/C25H26N8OS/c1-31(2)7-3-4-21(34)32-11-16-8-18(9-17(16)12-32)33-25-22(24(26)27-13-28-25)23(30-33)15-5-6-19-20(10-15)35-14-29-19/h3-6,10,13-14,18H,7-9,11-12H2,1-2H3,(H2,26,27,28)/b4-3+. The van der Waals surface area contributed by atoms with Crippen LogP contribution in [0.25, 0.3) is 32.5 Å². The van der Waals surface area contributed by atoms with Crippen molar-refractivity contribution in [2.75, 3.05) is 39.5 Å². The van der Waals surface area contributed by atoms with Gasteiger partial charge < -0.3 is 15.5 Å². The maximum atomic E-state index is 12.6. The second-order valence-electron chi connectivity index (χ2n) is 9.41.